The monoisotopic (exact) mass is 559 g/mol. The number of hydrogen-bond acceptors (Lipinski definition) is 0. The molecule has 3 rings (SSSR count). The maximum atomic E-state index is 2.72. The molecule has 0 fully saturated rings. The Bertz CT molecular complexity index is 842. The first-order valence-electron chi connectivity index (χ1n) is 11.1. The minimum atomic E-state index is -2.17. The molecule has 28 heavy (non-hydrogen) atoms. The summed E-state index contributed by atoms with van der Waals surface area (Å²) in [7, 11) is 0. The molecule has 0 aliphatic heterocycles. The van der Waals surface area contributed by atoms with E-state index in [-0.39, 0.29) is 0 Å². The van der Waals surface area contributed by atoms with Crippen LogP contribution < -0.4 is 0 Å². The summed E-state index contributed by atoms with van der Waals surface area (Å²) in [6, 6.07) is 9.28. The van der Waals surface area contributed by atoms with E-state index in [1.165, 1.54) is 12.0 Å². The van der Waals surface area contributed by atoms with Crippen molar-refractivity contribution in [1.29, 1.82) is 0 Å². The molecule has 1 aromatic rings. The first kappa shape index (κ1) is 22.2. The topological polar surface area (TPSA) is 0 Å². The molecule has 0 N–H and O–H groups in total. The quantitative estimate of drug-likeness (QED) is 0.311. The predicted octanol–water partition coefficient (Wildman–Crippen LogP) is 8.03. The summed E-state index contributed by atoms with van der Waals surface area (Å²) < 4.78 is 2.34. The summed E-state index contributed by atoms with van der Waals surface area (Å²) in [5.41, 5.74) is 8.86. The number of benzene rings is 1. The maximum absolute atomic E-state index is 2.72. The van der Waals surface area contributed by atoms with Gasteiger partial charge in [0, 0.05) is 0 Å². The Morgan fingerprint density at radius 3 is 2.25 bits per heavy atom. The third kappa shape index (κ3) is 3.81. The van der Waals surface area contributed by atoms with Crippen LogP contribution in [0.4, 0.5) is 0 Å². The van der Waals surface area contributed by atoms with E-state index in [1.807, 2.05) is 3.33 Å². The molecule has 0 amide bonds. The molecule has 2 aliphatic rings. The van der Waals surface area contributed by atoms with Crippen LogP contribution in [0.25, 0.3) is 6.08 Å². The van der Waals surface area contributed by atoms with Crippen LogP contribution in [0.15, 0.2) is 50.4 Å². The minimum absolute atomic E-state index is 0.387. The number of hydrogen-bond donors (Lipinski definition) is 0. The summed E-state index contributed by atoms with van der Waals surface area (Å²) in [5, 5.41) is 0. The molecule has 2 aliphatic carbocycles. The molecule has 0 spiro atoms. The van der Waals surface area contributed by atoms with Crippen molar-refractivity contribution in [2.24, 2.45) is 5.92 Å². The third-order valence-electron chi connectivity index (χ3n) is 7.53. The van der Waals surface area contributed by atoms with Gasteiger partial charge in [-0.3, -0.25) is 0 Å². The third-order valence-corrected chi connectivity index (χ3v) is 45.0. The van der Waals surface area contributed by atoms with Crippen molar-refractivity contribution in [3.8, 4) is 0 Å². The summed E-state index contributed by atoms with van der Waals surface area (Å²) in [6.45, 7) is 22.4. The zero-order valence-corrected chi connectivity index (χ0v) is 24.2. The molecule has 0 aromatic heterocycles. The van der Waals surface area contributed by atoms with Crippen molar-refractivity contribution < 1.29 is 20.6 Å². The van der Waals surface area contributed by atoms with Gasteiger partial charge in [0.15, 0.2) is 0 Å². The summed E-state index contributed by atoms with van der Waals surface area (Å²) in [6.07, 6.45) is 6.71. The molecule has 1 aromatic carbocycles. The van der Waals surface area contributed by atoms with E-state index in [4.69, 9.17) is 0 Å². The number of fused-ring (bicyclic) bond motifs is 1. The van der Waals surface area contributed by atoms with E-state index < -0.39 is 26.6 Å². The number of rotatable bonds is 6. The van der Waals surface area contributed by atoms with Crippen LogP contribution in [0.2, 0.25) is 15.3 Å². The molecule has 3 unspecified atom stereocenters. The Hall–Kier alpha value is -0.473. The predicted molar refractivity (Wildman–Crippen MR) is 125 cm³/mol. The van der Waals surface area contributed by atoms with Crippen molar-refractivity contribution in [2.75, 3.05) is 0 Å². The van der Waals surface area contributed by atoms with Crippen LogP contribution in [-0.4, -0.2) is 5.98 Å². The van der Waals surface area contributed by atoms with Gasteiger partial charge in [-0.25, -0.2) is 0 Å². The van der Waals surface area contributed by atoms with Crippen molar-refractivity contribution in [3.05, 3.63) is 61.5 Å². The van der Waals surface area contributed by atoms with Gasteiger partial charge in [-0.05, 0) is 0 Å². The second-order valence-electron chi connectivity index (χ2n) is 10.1. The Labute approximate surface area is 182 Å². The molecule has 2 heteroatoms. The zero-order valence-electron chi connectivity index (χ0n) is 19.5. The van der Waals surface area contributed by atoms with Gasteiger partial charge in [-0.2, -0.15) is 0 Å². The second kappa shape index (κ2) is 8.34. The summed E-state index contributed by atoms with van der Waals surface area (Å²) in [4.78, 5) is 0. The van der Waals surface area contributed by atoms with E-state index in [0.717, 1.165) is 11.5 Å². The summed E-state index contributed by atoms with van der Waals surface area (Å²) in [5.74, 6) is 0.626. The molecule has 3 atom stereocenters. The van der Waals surface area contributed by atoms with Crippen molar-refractivity contribution in [3.63, 3.8) is 0 Å². The van der Waals surface area contributed by atoms with Gasteiger partial charge in [0.25, 0.3) is 0 Å². The Morgan fingerprint density at radius 2 is 1.71 bits per heavy atom. The van der Waals surface area contributed by atoms with Gasteiger partial charge in [0.2, 0.25) is 0 Å². The molecular formula is C26H39HfSi. The van der Waals surface area contributed by atoms with Gasteiger partial charge in [-0.15, -0.1) is 0 Å². The molecule has 0 nitrogen and oxygen atoms in total. The number of allylic oxidation sites excluding steroid dienone is 5. The van der Waals surface area contributed by atoms with E-state index in [9.17, 15) is 0 Å². The van der Waals surface area contributed by atoms with Crippen molar-refractivity contribution in [2.45, 2.75) is 83.0 Å². The van der Waals surface area contributed by atoms with E-state index in [2.05, 4.69) is 98.4 Å². The Morgan fingerprint density at radius 1 is 1.07 bits per heavy atom. The van der Waals surface area contributed by atoms with Crippen LogP contribution in [0.3, 0.4) is 0 Å². The average molecular weight is 558 g/mol. The molecule has 0 radical (unpaired) electrons. The van der Waals surface area contributed by atoms with Crippen molar-refractivity contribution in [1.82, 2.24) is 0 Å². The molecular weight excluding hydrogens is 519 g/mol. The fraction of sp³-hybridized carbons (Fsp3) is 0.538. The van der Waals surface area contributed by atoms with Gasteiger partial charge >= 0.3 is 183 Å². The van der Waals surface area contributed by atoms with Crippen LogP contribution in [0, 0.1) is 5.92 Å². The van der Waals surface area contributed by atoms with Crippen LogP contribution in [0.5, 0.6) is 0 Å². The first-order valence-corrected chi connectivity index (χ1v) is 23.3. The fourth-order valence-electron chi connectivity index (χ4n) is 5.37. The van der Waals surface area contributed by atoms with E-state index in [1.54, 1.807) is 22.3 Å². The second-order valence-corrected chi connectivity index (χ2v) is 36.4. The van der Waals surface area contributed by atoms with E-state index in [0.29, 0.717) is 9.09 Å². The Kier molecular flexibility index (Phi) is 6.62. The SMILES string of the molecule is CC1=C[C](C)([Hf]([C]2=Cc3ccccc3C2CC(C)C)[SiH](C)C(C)C)C(C)=C1C. The van der Waals surface area contributed by atoms with Gasteiger partial charge in [0.1, 0.15) is 0 Å². The van der Waals surface area contributed by atoms with E-state index >= 15 is 0 Å². The normalized spacial score (nSPS) is 25.3. The van der Waals surface area contributed by atoms with Crippen LogP contribution >= 0.6 is 0 Å². The molecule has 0 saturated heterocycles. The Balaban J connectivity index is 2.17. The molecule has 0 bridgehead atoms. The molecule has 151 valence electrons. The van der Waals surface area contributed by atoms with Crippen LogP contribution in [-0.2, 0) is 20.6 Å². The zero-order chi connectivity index (χ0) is 20.8. The van der Waals surface area contributed by atoms with Crippen LogP contribution in [0.1, 0.15) is 78.9 Å². The molecule has 0 heterocycles. The van der Waals surface area contributed by atoms with Gasteiger partial charge in [-0.1, -0.05) is 0 Å². The fourth-order valence-corrected chi connectivity index (χ4v) is 44.4. The van der Waals surface area contributed by atoms with Gasteiger partial charge < -0.3 is 0 Å². The van der Waals surface area contributed by atoms with Crippen molar-refractivity contribution >= 4 is 12.1 Å². The standard InChI is InChI=1S/C13H15.C9H13.C4H11Si.Hf/c1-10(2)9-12-8-7-11-5-3-4-6-13(11)12;1-6-5-7(2)9(4)8(6)3;1-4(2)5-3;/h3-7,10,12H,9H2,1-2H3;5H,1-4H3;4-5H,1-3H3;. The first-order chi connectivity index (χ1) is 13.1. The summed E-state index contributed by atoms with van der Waals surface area (Å²) >= 11 is -2.17. The average Bonchev–Trinajstić information content (AvgIpc) is 3.06. The van der Waals surface area contributed by atoms with Gasteiger partial charge in [0.05, 0.1) is 0 Å². The molecule has 0 saturated carbocycles.